The number of hydrogen-bond acceptors (Lipinski definition) is 4. The summed E-state index contributed by atoms with van der Waals surface area (Å²) in [6.45, 7) is 5.82. The van der Waals surface area contributed by atoms with Crippen LogP contribution in [0.3, 0.4) is 0 Å². The molecule has 0 aromatic heterocycles. The Morgan fingerprint density at radius 3 is 2.17 bits per heavy atom. The third-order valence-corrected chi connectivity index (χ3v) is 5.48. The van der Waals surface area contributed by atoms with E-state index >= 15 is 0 Å². The molecule has 0 bridgehead atoms. The molecule has 138 valence electrons. The van der Waals surface area contributed by atoms with Crippen LogP contribution in [0.15, 0.2) is 29.3 Å². The zero-order valence-electron chi connectivity index (χ0n) is 14.9. The molecule has 0 saturated carbocycles. The van der Waals surface area contributed by atoms with Gasteiger partial charge in [0.15, 0.2) is 15.8 Å². The third-order valence-electron chi connectivity index (χ3n) is 3.37. The number of halogens is 1. The van der Waals surface area contributed by atoms with Gasteiger partial charge < -0.3 is 10.6 Å². The maximum Gasteiger partial charge on any atom is 0.191 e. The normalized spacial score (nSPS) is 12.5. The van der Waals surface area contributed by atoms with Gasteiger partial charge in [-0.3, -0.25) is 4.99 Å². The minimum Gasteiger partial charge on any atom is -0.355 e. The Hall–Kier alpha value is -0.480. The number of nitrogens with one attached hydrogen (secondary N) is 2. The topological polar surface area (TPSA) is 70.6 Å². The van der Waals surface area contributed by atoms with E-state index in [1.54, 1.807) is 18.8 Å². The van der Waals surface area contributed by atoms with Gasteiger partial charge in [-0.05, 0) is 31.2 Å². The highest BCUT2D eigenvalue weighted by Crippen LogP contribution is 2.19. The fraction of sp³-hybridized carbons (Fsp3) is 0.562. The number of guanidine groups is 1. The van der Waals surface area contributed by atoms with Gasteiger partial charge in [0.1, 0.15) is 0 Å². The lowest BCUT2D eigenvalue weighted by molar-refractivity contribution is 0.601. The van der Waals surface area contributed by atoms with E-state index in [4.69, 9.17) is 0 Å². The lowest BCUT2D eigenvalue weighted by atomic mass is 10.1. The maximum atomic E-state index is 11.3. The smallest absolute Gasteiger partial charge is 0.191 e. The van der Waals surface area contributed by atoms with Gasteiger partial charge in [-0.15, -0.1) is 24.0 Å². The minimum atomic E-state index is -2.99. The van der Waals surface area contributed by atoms with Crippen molar-refractivity contribution < 1.29 is 8.42 Å². The van der Waals surface area contributed by atoms with Crippen molar-refractivity contribution in [3.8, 4) is 0 Å². The Kier molecular flexibility index (Phi) is 10.3. The molecule has 0 atom stereocenters. The quantitative estimate of drug-likeness (QED) is 0.353. The molecule has 0 fully saturated rings. The number of benzene rings is 1. The van der Waals surface area contributed by atoms with Crippen LogP contribution in [0.1, 0.15) is 25.0 Å². The van der Waals surface area contributed by atoms with Crippen molar-refractivity contribution in [1.29, 1.82) is 0 Å². The van der Waals surface area contributed by atoms with E-state index in [-0.39, 0.29) is 34.5 Å². The molecule has 0 spiro atoms. The number of aliphatic imine (C=N–C) groups is 1. The number of nitrogens with zero attached hydrogens (tertiary/aromatic N) is 1. The second-order valence-electron chi connectivity index (χ2n) is 6.13. The molecule has 0 unspecified atom stereocenters. The van der Waals surface area contributed by atoms with Crippen LogP contribution in [0.5, 0.6) is 0 Å². The molecular weight excluding hydrogens is 457 g/mol. The molecular formula is C16H28IN3O2S2. The number of hydrogen-bond donors (Lipinski definition) is 2. The second kappa shape index (κ2) is 10.5. The van der Waals surface area contributed by atoms with Crippen molar-refractivity contribution in [2.75, 3.05) is 26.1 Å². The van der Waals surface area contributed by atoms with Crippen LogP contribution in [0.25, 0.3) is 0 Å². The first kappa shape index (κ1) is 23.5. The van der Waals surface area contributed by atoms with Gasteiger partial charge in [0.05, 0.1) is 5.75 Å². The molecule has 1 aromatic carbocycles. The van der Waals surface area contributed by atoms with Gasteiger partial charge in [-0.25, -0.2) is 8.42 Å². The Morgan fingerprint density at radius 1 is 1.17 bits per heavy atom. The highest BCUT2D eigenvalue weighted by molar-refractivity contribution is 14.0. The Bertz CT molecular complexity index is 629. The predicted octanol–water partition coefficient (Wildman–Crippen LogP) is 2.66. The largest absolute Gasteiger partial charge is 0.355 e. The van der Waals surface area contributed by atoms with Gasteiger partial charge >= 0.3 is 0 Å². The molecule has 1 aromatic rings. The highest BCUT2D eigenvalue weighted by atomic mass is 127. The van der Waals surface area contributed by atoms with Gasteiger partial charge in [0.25, 0.3) is 0 Å². The van der Waals surface area contributed by atoms with E-state index in [9.17, 15) is 8.42 Å². The molecule has 0 amide bonds. The fourth-order valence-electron chi connectivity index (χ4n) is 1.83. The van der Waals surface area contributed by atoms with Crippen LogP contribution in [0, 0.1) is 0 Å². The zero-order valence-corrected chi connectivity index (χ0v) is 18.9. The number of thioether (sulfide) groups is 1. The van der Waals surface area contributed by atoms with Gasteiger partial charge in [0, 0.05) is 31.1 Å². The molecule has 2 N–H and O–H groups in total. The molecule has 8 heteroatoms. The summed E-state index contributed by atoms with van der Waals surface area (Å²) in [5.74, 6) is 0.834. The summed E-state index contributed by atoms with van der Waals surface area (Å²) in [4.78, 5) is 4.21. The fourth-order valence-corrected chi connectivity index (χ4v) is 2.85. The molecule has 0 aliphatic carbocycles. The number of rotatable bonds is 7. The van der Waals surface area contributed by atoms with Crippen LogP contribution in [-0.2, 0) is 22.1 Å². The Morgan fingerprint density at radius 2 is 1.71 bits per heavy atom. The molecule has 0 aliphatic heterocycles. The lowest BCUT2D eigenvalue weighted by Crippen LogP contribution is -2.42. The summed E-state index contributed by atoms with van der Waals surface area (Å²) in [6.07, 6.45) is 3.34. The van der Waals surface area contributed by atoms with E-state index in [1.165, 1.54) is 6.26 Å². The van der Waals surface area contributed by atoms with Crippen LogP contribution in [0.2, 0.25) is 0 Å². The van der Waals surface area contributed by atoms with Crippen molar-refractivity contribution in [2.45, 2.75) is 30.9 Å². The molecule has 0 aliphatic rings. The standard InChI is InChI=1S/C16H27N3O2S2.HI/c1-16(2,22-4)12-19-15(17-3)18-10-13-6-8-14(9-7-13)11-23(5,20)21;/h6-9H,10-12H2,1-5H3,(H2,17,18,19);1H. The molecule has 5 nitrogen and oxygen atoms in total. The first-order valence-corrected chi connectivity index (χ1v) is 10.7. The van der Waals surface area contributed by atoms with Gasteiger partial charge in [-0.2, -0.15) is 11.8 Å². The lowest BCUT2D eigenvalue weighted by Gasteiger charge is -2.23. The van der Waals surface area contributed by atoms with E-state index in [0.29, 0.717) is 6.54 Å². The van der Waals surface area contributed by atoms with E-state index in [0.717, 1.165) is 23.6 Å². The number of sulfone groups is 1. The van der Waals surface area contributed by atoms with Crippen LogP contribution < -0.4 is 10.6 Å². The molecule has 0 saturated heterocycles. The average molecular weight is 485 g/mol. The predicted molar refractivity (Wildman–Crippen MR) is 116 cm³/mol. The van der Waals surface area contributed by atoms with Crippen LogP contribution in [-0.4, -0.2) is 45.2 Å². The summed E-state index contributed by atoms with van der Waals surface area (Å²) in [5.41, 5.74) is 1.88. The van der Waals surface area contributed by atoms with Crippen LogP contribution in [0.4, 0.5) is 0 Å². The SMILES string of the molecule is CN=C(NCc1ccc(CS(C)(=O)=O)cc1)NCC(C)(C)SC.I. The van der Waals surface area contributed by atoms with Crippen molar-refractivity contribution in [2.24, 2.45) is 4.99 Å². The second-order valence-corrected chi connectivity index (χ2v) is 9.78. The zero-order chi connectivity index (χ0) is 17.5. The molecule has 24 heavy (non-hydrogen) atoms. The summed E-state index contributed by atoms with van der Waals surface area (Å²) in [7, 11) is -1.24. The average Bonchev–Trinajstić information content (AvgIpc) is 2.47. The maximum absolute atomic E-state index is 11.3. The first-order valence-electron chi connectivity index (χ1n) is 7.40. The van der Waals surface area contributed by atoms with E-state index < -0.39 is 9.84 Å². The van der Waals surface area contributed by atoms with Gasteiger partial charge in [0.2, 0.25) is 0 Å². The monoisotopic (exact) mass is 485 g/mol. The molecule has 0 heterocycles. The molecule has 1 rings (SSSR count). The van der Waals surface area contributed by atoms with E-state index in [2.05, 4.69) is 35.7 Å². The van der Waals surface area contributed by atoms with Gasteiger partial charge in [-0.1, -0.05) is 24.3 Å². The van der Waals surface area contributed by atoms with Crippen molar-refractivity contribution >= 4 is 51.5 Å². The Labute approximate surface area is 167 Å². The Balaban J connectivity index is 0.00000529. The third kappa shape index (κ3) is 9.73. The highest BCUT2D eigenvalue weighted by Gasteiger charge is 2.16. The van der Waals surface area contributed by atoms with Crippen molar-refractivity contribution in [1.82, 2.24) is 10.6 Å². The molecule has 0 radical (unpaired) electrons. The summed E-state index contributed by atoms with van der Waals surface area (Å²) in [6, 6.07) is 7.58. The van der Waals surface area contributed by atoms with Crippen LogP contribution >= 0.6 is 35.7 Å². The summed E-state index contributed by atoms with van der Waals surface area (Å²) >= 11 is 1.81. The summed E-state index contributed by atoms with van der Waals surface area (Å²) in [5, 5.41) is 6.57. The summed E-state index contributed by atoms with van der Waals surface area (Å²) < 4.78 is 22.7. The minimum absolute atomic E-state index is 0. The first-order chi connectivity index (χ1) is 10.6. The van der Waals surface area contributed by atoms with E-state index in [1.807, 2.05) is 24.3 Å². The van der Waals surface area contributed by atoms with Crippen molar-refractivity contribution in [3.63, 3.8) is 0 Å². The van der Waals surface area contributed by atoms with Crippen molar-refractivity contribution in [3.05, 3.63) is 35.4 Å².